The van der Waals surface area contributed by atoms with Crippen LogP contribution in [0.25, 0.3) is 0 Å². The fourth-order valence-corrected chi connectivity index (χ4v) is 4.17. The molecule has 0 unspecified atom stereocenters. The minimum absolute atomic E-state index is 0.0667. The van der Waals surface area contributed by atoms with E-state index < -0.39 is 11.6 Å². The maximum Gasteiger partial charge on any atom is 0.258 e. The van der Waals surface area contributed by atoms with Crippen molar-refractivity contribution in [2.45, 2.75) is 32.4 Å². The van der Waals surface area contributed by atoms with Crippen molar-refractivity contribution in [1.29, 1.82) is 0 Å². The van der Waals surface area contributed by atoms with Crippen molar-refractivity contribution in [1.82, 2.24) is 4.90 Å². The molecule has 6 heteroatoms. The number of nitrogens with zero attached hydrogens (tertiary/aromatic N) is 2. The van der Waals surface area contributed by atoms with Gasteiger partial charge < -0.3 is 4.90 Å². The molecule has 1 aliphatic rings. The summed E-state index contributed by atoms with van der Waals surface area (Å²) in [5.74, 6) is -1.60. The zero-order valence-corrected chi connectivity index (χ0v) is 17.9. The second-order valence-electron chi connectivity index (χ2n) is 8.23. The second-order valence-corrected chi connectivity index (χ2v) is 8.23. The Morgan fingerprint density at radius 1 is 0.906 bits per heavy atom. The highest BCUT2D eigenvalue weighted by Gasteiger charge is 2.30. The topological polar surface area (TPSA) is 23.6 Å². The van der Waals surface area contributed by atoms with Crippen LogP contribution in [-0.2, 0) is 6.54 Å². The van der Waals surface area contributed by atoms with Crippen molar-refractivity contribution in [3.63, 3.8) is 0 Å². The van der Waals surface area contributed by atoms with Gasteiger partial charge in [0.25, 0.3) is 5.91 Å². The Balaban J connectivity index is 1.53. The van der Waals surface area contributed by atoms with E-state index in [1.807, 2.05) is 24.0 Å². The Kier molecular flexibility index (Phi) is 6.61. The van der Waals surface area contributed by atoms with E-state index in [2.05, 4.69) is 0 Å². The van der Waals surface area contributed by atoms with Crippen LogP contribution in [0, 0.1) is 24.4 Å². The number of piperidine rings is 1. The third-order valence-corrected chi connectivity index (χ3v) is 5.99. The third-order valence-electron chi connectivity index (χ3n) is 5.99. The van der Waals surface area contributed by atoms with Gasteiger partial charge in [0.15, 0.2) is 0 Å². The Labute approximate surface area is 186 Å². The standard InChI is InChI=1S/C26H25F3N2O/c1-18-5-7-19(8-6-18)26(32)31(21-11-9-20(27)10-12-21)22-13-15-30(16-14-22)17-23-24(28)3-2-4-25(23)29/h2-12,22H,13-17H2,1H3. The monoisotopic (exact) mass is 438 g/mol. The summed E-state index contributed by atoms with van der Waals surface area (Å²) in [4.78, 5) is 17.1. The molecule has 166 valence electrons. The molecule has 0 N–H and O–H groups in total. The van der Waals surface area contributed by atoms with E-state index in [1.54, 1.807) is 29.2 Å². The van der Waals surface area contributed by atoms with Crippen LogP contribution in [0.3, 0.4) is 0 Å². The lowest BCUT2D eigenvalue weighted by Gasteiger charge is -2.38. The number of rotatable bonds is 5. The summed E-state index contributed by atoms with van der Waals surface area (Å²) in [7, 11) is 0. The lowest BCUT2D eigenvalue weighted by atomic mass is 9.99. The smallest absolute Gasteiger partial charge is 0.258 e. The molecular weight excluding hydrogens is 413 g/mol. The van der Waals surface area contributed by atoms with Crippen LogP contribution in [-0.4, -0.2) is 29.9 Å². The molecule has 0 bridgehead atoms. The SMILES string of the molecule is Cc1ccc(C(=O)N(c2ccc(F)cc2)C2CCN(Cc3c(F)cccc3F)CC2)cc1. The van der Waals surface area contributed by atoms with Crippen LogP contribution in [0.4, 0.5) is 18.9 Å². The van der Waals surface area contributed by atoms with Gasteiger partial charge in [0, 0.05) is 42.5 Å². The molecule has 1 aliphatic heterocycles. The second kappa shape index (κ2) is 9.57. The summed E-state index contributed by atoms with van der Waals surface area (Å²) in [5.41, 5.74) is 2.33. The Hall–Kier alpha value is -3.12. The molecule has 1 heterocycles. The van der Waals surface area contributed by atoms with Gasteiger partial charge in [-0.15, -0.1) is 0 Å². The molecule has 0 aromatic heterocycles. The minimum atomic E-state index is -0.547. The number of benzene rings is 3. The average molecular weight is 438 g/mol. The summed E-state index contributed by atoms with van der Waals surface area (Å²) in [6.45, 7) is 3.34. The molecule has 1 fully saturated rings. The first kappa shape index (κ1) is 22.1. The molecule has 1 saturated heterocycles. The zero-order valence-electron chi connectivity index (χ0n) is 17.9. The molecule has 0 saturated carbocycles. The van der Waals surface area contributed by atoms with Gasteiger partial charge in [-0.25, -0.2) is 13.2 Å². The Bertz CT molecular complexity index is 1050. The van der Waals surface area contributed by atoms with Gasteiger partial charge >= 0.3 is 0 Å². The highest BCUT2D eigenvalue weighted by atomic mass is 19.1. The van der Waals surface area contributed by atoms with Crippen molar-refractivity contribution in [2.75, 3.05) is 18.0 Å². The molecular formula is C26H25F3N2O. The number of likely N-dealkylation sites (tertiary alicyclic amines) is 1. The number of amides is 1. The largest absolute Gasteiger partial charge is 0.305 e. The van der Waals surface area contributed by atoms with Crippen LogP contribution in [0.2, 0.25) is 0 Å². The van der Waals surface area contributed by atoms with E-state index in [0.717, 1.165) is 5.56 Å². The molecule has 3 nitrogen and oxygen atoms in total. The predicted octanol–water partition coefficient (Wildman–Crippen LogP) is 5.72. The molecule has 0 aliphatic carbocycles. The van der Waals surface area contributed by atoms with Crippen LogP contribution in [0.15, 0.2) is 66.7 Å². The fraction of sp³-hybridized carbons (Fsp3) is 0.269. The number of carbonyl (C=O) groups excluding carboxylic acids is 1. The van der Waals surface area contributed by atoms with E-state index in [1.165, 1.54) is 30.3 Å². The van der Waals surface area contributed by atoms with Gasteiger partial charge in [-0.2, -0.15) is 0 Å². The lowest BCUT2D eigenvalue weighted by molar-refractivity contribution is 0.0958. The summed E-state index contributed by atoms with van der Waals surface area (Å²) in [6.07, 6.45) is 1.29. The quantitative estimate of drug-likeness (QED) is 0.508. The summed E-state index contributed by atoms with van der Waals surface area (Å²) >= 11 is 0. The summed E-state index contributed by atoms with van der Waals surface area (Å²) in [5, 5.41) is 0. The van der Waals surface area contributed by atoms with E-state index in [9.17, 15) is 18.0 Å². The number of anilines is 1. The minimum Gasteiger partial charge on any atom is -0.305 e. The van der Waals surface area contributed by atoms with E-state index in [-0.39, 0.29) is 29.9 Å². The van der Waals surface area contributed by atoms with E-state index in [4.69, 9.17) is 0 Å². The van der Waals surface area contributed by atoms with Crippen molar-refractivity contribution in [2.24, 2.45) is 0 Å². The number of halogens is 3. The maximum absolute atomic E-state index is 14.0. The first-order chi connectivity index (χ1) is 15.4. The predicted molar refractivity (Wildman–Crippen MR) is 119 cm³/mol. The van der Waals surface area contributed by atoms with Crippen molar-refractivity contribution < 1.29 is 18.0 Å². The maximum atomic E-state index is 14.0. The number of carbonyl (C=O) groups is 1. The van der Waals surface area contributed by atoms with E-state index >= 15 is 0 Å². The van der Waals surface area contributed by atoms with Crippen LogP contribution < -0.4 is 4.90 Å². The van der Waals surface area contributed by atoms with Crippen molar-refractivity contribution in [3.8, 4) is 0 Å². The van der Waals surface area contributed by atoms with Crippen LogP contribution in [0.1, 0.15) is 34.3 Å². The fourth-order valence-electron chi connectivity index (χ4n) is 4.17. The number of aryl methyl sites for hydroxylation is 1. The van der Waals surface area contributed by atoms with Gasteiger partial charge in [-0.1, -0.05) is 23.8 Å². The van der Waals surface area contributed by atoms with Crippen LogP contribution >= 0.6 is 0 Å². The molecule has 1 amide bonds. The van der Waals surface area contributed by atoms with Crippen molar-refractivity contribution in [3.05, 3.63) is 101 Å². The van der Waals surface area contributed by atoms with E-state index in [0.29, 0.717) is 37.2 Å². The zero-order chi connectivity index (χ0) is 22.7. The first-order valence-electron chi connectivity index (χ1n) is 10.7. The summed E-state index contributed by atoms with van der Waals surface area (Å²) in [6, 6.07) is 17.1. The van der Waals surface area contributed by atoms with Gasteiger partial charge in [0.1, 0.15) is 17.5 Å². The normalized spacial score (nSPS) is 15.0. The van der Waals surface area contributed by atoms with Crippen molar-refractivity contribution >= 4 is 11.6 Å². The molecule has 32 heavy (non-hydrogen) atoms. The third kappa shape index (κ3) is 4.86. The van der Waals surface area contributed by atoms with Gasteiger partial charge in [0.2, 0.25) is 0 Å². The van der Waals surface area contributed by atoms with Crippen LogP contribution in [0.5, 0.6) is 0 Å². The van der Waals surface area contributed by atoms with Gasteiger partial charge in [0.05, 0.1) is 0 Å². The Morgan fingerprint density at radius 3 is 2.09 bits per heavy atom. The molecule has 3 aromatic carbocycles. The number of hydrogen-bond acceptors (Lipinski definition) is 2. The van der Waals surface area contributed by atoms with Gasteiger partial charge in [-0.3, -0.25) is 9.69 Å². The average Bonchev–Trinajstić information content (AvgIpc) is 2.79. The molecule has 4 rings (SSSR count). The lowest BCUT2D eigenvalue weighted by Crippen LogP contribution is -2.47. The molecule has 0 spiro atoms. The summed E-state index contributed by atoms with van der Waals surface area (Å²) < 4.78 is 41.6. The molecule has 0 atom stereocenters. The number of hydrogen-bond donors (Lipinski definition) is 0. The highest BCUT2D eigenvalue weighted by Crippen LogP contribution is 2.27. The highest BCUT2D eigenvalue weighted by molar-refractivity contribution is 6.06. The first-order valence-corrected chi connectivity index (χ1v) is 10.7. The van der Waals surface area contributed by atoms with Gasteiger partial charge in [-0.05, 0) is 68.3 Å². The molecule has 3 aromatic rings. The Morgan fingerprint density at radius 2 is 1.50 bits per heavy atom. The molecule has 0 radical (unpaired) electrons.